The molecule has 2 N–H and O–H groups in total. The second kappa shape index (κ2) is 11.1. The lowest BCUT2D eigenvalue weighted by atomic mass is 10.1. The third-order valence-corrected chi connectivity index (χ3v) is 6.62. The Labute approximate surface area is 234 Å². The number of carbonyl (C=O) groups excluding carboxylic acids is 1. The number of nitrogens with zero attached hydrogens (tertiary/aromatic N) is 5. The van der Waals surface area contributed by atoms with Crippen molar-refractivity contribution in [2.45, 2.75) is 51.1 Å². The molecule has 41 heavy (non-hydrogen) atoms. The molecular weight excluding hydrogens is 541 g/mol. The van der Waals surface area contributed by atoms with Gasteiger partial charge in [0.2, 0.25) is 0 Å². The molecule has 10 nitrogen and oxygen atoms in total. The highest BCUT2D eigenvalue weighted by Crippen LogP contribution is 2.40. The van der Waals surface area contributed by atoms with Gasteiger partial charge >= 0.3 is 12.3 Å². The number of hydrogen-bond acceptors (Lipinski definition) is 8. The van der Waals surface area contributed by atoms with Gasteiger partial charge in [-0.05, 0) is 51.0 Å². The number of aliphatic hydroxyl groups is 1. The van der Waals surface area contributed by atoms with E-state index in [9.17, 15) is 18.0 Å². The fourth-order valence-corrected chi connectivity index (χ4v) is 4.98. The highest BCUT2D eigenvalue weighted by molar-refractivity contribution is 5.86. The molecule has 0 spiro atoms. The molecule has 2 atom stereocenters. The van der Waals surface area contributed by atoms with Crippen LogP contribution in [0.3, 0.4) is 0 Å². The summed E-state index contributed by atoms with van der Waals surface area (Å²) in [4.78, 5) is 18.2. The molecule has 1 aromatic carbocycles. The van der Waals surface area contributed by atoms with Crippen LogP contribution in [-0.2, 0) is 4.74 Å². The summed E-state index contributed by atoms with van der Waals surface area (Å²) < 4.78 is 55.9. The number of likely N-dealkylation sites (tertiary alicyclic amines) is 1. The first-order chi connectivity index (χ1) is 19.4. The van der Waals surface area contributed by atoms with Crippen LogP contribution in [-0.4, -0.2) is 79.8 Å². The molecule has 5 rings (SSSR count). The Bertz CT molecular complexity index is 1550. The van der Waals surface area contributed by atoms with Crippen LogP contribution < -0.4 is 10.1 Å². The first kappa shape index (κ1) is 28.6. The van der Waals surface area contributed by atoms with Crippen LogP contribution in [0.1, 0.15) is 38.8 Å². The lowest BCUT2D eigenvalue weighted by Crippen LogP contribution is -2.42. The monoisotopic (exact) mass is 572 g/mol. The molecule has 0 bridgehead atoms. The number of fused-ring (bicyclic) bond motifs is 2. The molecule has 0 unspecified atom stereocenters. The Morgan fingerprint density at radius 3 is 2.68 bits per heavy atom. The molecule has 1 aliphatic rings. The minimum absolute atomic E-state index is 0.0109. The third-order valence-electron chi connectivity index (χ3n) is 6.62. The number of carbonyl (C=O) groups is 1. The molecule has 4 aromatic rings. The number of aromatic nitrogens is 4. The molecule has 3 aromatic heterocycles. The van der Waals surface area contributed by atoms with E-state index in [1.165, 1.54) is 27.6 Å². The van der Waals surface area contributed by atoms with Gasteiger partial charge in [-0.15, -0.1) is 10.2 Å². The average molecular weight is 573 g/mol. The van der Waals surface area contributed by atoms with Crippen molar-refractivity contribution in [3.05, 3.63) is 54.2 Å². The fraction of sp³-hybridized carbons (Fsp3) is 0.429. The van der Waals surface area contributed by atoms with Gasteiger partial charge in [0.05, 0.1) is 6.61 Å². The smallest absolute Gasteiger partial charge is 0.408 e. The van der Waals surface area contributed by atoms with Gasteiger partial charge in [0.1, 0.15) is 35.2 Å². The van der Waals surface area contributed by atoms with E-state index in [-0.39, 0.29) is 37.7 Å². The largest absolute Gasteiger partial charge is 0.489 e. The van der Waals surface area contributed by atoms with Gasteiger partial charge in [0.25, 0.3) is 0 Å². The van der Waals surface area contributed by atoms with Crippen molar-refractivity contribution in [3.8, 4) is 17.3 Å². The molecule has 0 aliphatic carbocycles. The topological polar surface area (TPSA) is 114 Å². The predicted octanol–water partition coefficient (Wildman–Crippen LogP) is 4.52. The van der Waals surface area contributed by atoms with Crippen LogP contribution in [0.25, 0.3) is 28.1 Å². The number of pyridine rings is 2. The van der Waals surface area contributed by atoms with Crippen molar-refractivity contribution in [1.29, 1.82) is 0 Å². The predicted molar refractivity (Wildman–Crippen MR) is 144 cm³/mol. The molecule has 0 saturated carbocycles. The summed E-state index contributed by atoms with van der Waals surface area (Å²) in [6.07, 6.45) is -3.50. The van der Waals surface area contributed by atoms with Gasteiger partial charge in [-0.1, -0.05) is 24.3 Å². The second-order valence-corrected chi connectivity index (χ2v) is 10.9. The standard InChI is InChI=1S/C28H31F3N6O4/c1-27(2,3)41-26(39)32-19-11-12-36(16-19)24(28(29,30)31)18-8-10-22-34-35-25(37(22)15-18)20-9-7-17-5-4-6-21(23(17)33-20)40-14-13-38/h4-10,15,19,24,38H,11-14,16H2,1-3H3,(H,32,39)/t19-,24+/m0/s1. The number of alkyl halides is 3. The maximum atomic E-state index is 14.5. The van der Waals surface area contributed by atoms with Gasteiger partial charge in [-0.2, -0.15) is 13.2 Å². The van der Waals surface area contributed by atoms with Crippen molar-refractivity contribution in [2.75, 3.05) is 26.3 Å². The number of amides is 1. The van der Waals surface area contributed by atoms with E-state index in [1.807, 2.05) is 12.1 Å². The average Bonchev–Trinajstić information content (AvgIpc) is 3.52. The SMILES string of the molecule is CC(C)(C)OC(=O)N[C@H]1CCN([C@H](c2ccc3nnc(-c4ccc5cccc(OCCO)c5n4)n3c2)C(F)(F)F)C1. The zero-order valence-electron chi connectivity index (χ0n) is 22.9. The van der Waals surface area contributed by atoms with Crippen molar-refractivity contribution in [3.63, 3.8) is 0 Å². The Balaban J connectivity index is 1.45. The van der Waals surface area contributed by atoms with Crippen molar-refractivity contribution >= 4 is 22.6 Å². The Kier molecular flexibility index (Phi) is 7.75. The van der Waals surface area contributed by atoms with Crippen LogP contribution in [0, 0.1) is 0 Å². The van der Waals surface area contributed by atoms with Crippen molar-refractivity contribution in [1.82, 2.24) is 29.8 Å². The van der Waals surface area contributed by atoms with Crippen molar-refractivity contribution in [2.24, 2.45) is 0 Å². The summed E-state index contributed by atoms with van der Waals surface area (Å²) in [7, 11) is 0. The number of aliphatic hydroxyl groups excluding tert-OH is 1. The number of benzene rings is 1. The molecule has 1 aliphatic heterocycles. The van der Waals surface area contributed by atoms with Crippen LogP contribution in [0.2, 0.25) is 0 Å². The minimum atomic E-state index is -4.58. The van der Waals surface area contributed by atoms with Gasteiger partial charge in [0.15, 0.2) is 11.5 Å². The summed E-state index contributed by atoms with van der Waals surface area (Å²) >= 11 is 0. The van der Waals surface area contributed by atoms with E-state index in [0.29, 0.717) is 29.0 Å². The number of alkyl carbamates (subject to hydrolysis) is 1. The van der Waals surface area contributed by atoms with Crippen LogP contribution in [0.15, 0.2) is 48.7 Å². The second-order valence-electron chi connectivity index (χ2n) is 10.9. The van der Waals surface area contributed by atoms with Gasteiger partial charge in [-0.3, -0.25) is 9.30 Å². The highest BCUT2D eigenvalue weighted by atomic mass is 19.4. The summed E-state index contributed by atoms with van der Waals surface area (Å²) in [5, 5.41) is 21.0. The normalized spacial score (nSPS) is 17.2. The lowest BCUT2D eigenvalue weighted by molar-refractivity contribution is -0.184. The van der Waals surface area contributed by atoms with E-state index in [0.717, 1.165) is 5.39 Å². The highest BCUT2D eigenvalue weighted by Gasteiger charge is 2.47. The van der Waals surface area contributed by atoms with E-state index < -0.39 is 30.0 Å². The zero-order valence-corrected chi connectivity index (χ0v) is 22.9. The number of rotatable bonds is 7. The minimum Gasteiger partial charge on any atom is -0.489 e. The summed E-state index contributed by atoms with van der Waals surface area (Å²) in [6.45, 7) is 5.24. The number of ether oxygens (including phenoxy) is 2. The maximum Gasteiger partial charge on any atom is 0.408 e. The quantitative estimate of drug-likeness (QED) is 0.333. The van der Waals surface area contributed by atoms with E-state index in [1.54, 1.807) is 39.0 Å². The van der Waals surface area contributed by atoms with Gasteiger partial charge < -0.3 is 19.9 Å². The van der Waals surface area contributed by atoms with E-state index in [4.69, 9.17) is 14.6 Å². The van der Waals surface area contributed by atoms with Crippen molar-refractivity contribution < 1.29 is 32.5 Å². The molecule has 13 heteroatoms. The lowest BCUT2D eigenvalue weighted by Gasteiger charge is -2.30. The molecule has 1 saturated heterocycles. The first-order valence-electron chi connectivity index (χ1n) is 13.2. The third kappa shape index (κ3) is 6.35. The van der Waals surface area contributed by atoms with Crippen LogP contribution in [0.4, 0.5) is 18.0 Å². The Hall–Kier alpha value is -3.97. The maximum absolute atomic E-state index is 14.5. The van der Waals surface area contributed by atoms with Crippen LogP contribution >= 0.6 is 0 Å². The first-order valence-corrected chi connectivity index (χ1v) is 13.2. The number of nitrogens with one attached hydrogen (secondary N) is 1. The molecule has 4 heterocycles. The molecule has 1 fully saturated rings. The molecular formula is C28H31F3N6O4. The van der Waals surface area contributed by atoms with Gasteiger partial charge in [-0.25, -0.2) is 9.78 Å². The Morgan fingerprint density at radius 1 is 1.15 bits per heavy atom. The number of hydrogen-bond donors (Lipinski definition) is 2. The molecule has 218 valence electrons. The zero-order chi connectivity index (χ0) is 29.4. The summed E-state index contributed by atoms with van der Waals surface area (Å²) in [5.74, 6) is 0.737. The number of para-hydroxylation sites is 1. The summed E-state index contributed by atoms with van der Waals surface area (Å²) in [5.41, 5.74) is 0.587. The fourth-order valence-electron chi connectivity index (χ4n) is 4.98. The van der Waals surface area contributed by atoms with Crippen LogP contribution in [0.5, 0.6) is 5.75 Å². The Morgan fingerprint density at radius 2 is 1.95 bits per heavy atom. The van der Waals surface area contributed by atoms with Gasteiger partial charge in [0, 0.05) is 30.7 Å². The molecule has 0 radical (unpaired) electrons. The number of halogens is 3. The van der Waals surface area contributed by atoms with E-state index >= 15 is 0 Å². The summed E-state index contributed by atoms with van der Waals surface area (Å²) in [6, 6.07) is 9.42. The molecule has 1 amide bonds. The van der Waals surface area contributed by atoms with E-state index in [2.05, 4.69) is 20.5 Å².